The number of ether oxygens (including phenoxy) is 2. The summed E-state index contributed by atoms with van der Waals surface area (Å²) in [5.74, 6) is -1.52. The van der Waals surface area contributed by atoms with Gasteiger partial charge >= 0.3 is 4.87 Å². The Morgan fingerprint density at radius 1 is 0.953 bits per heavy atom. The van der Waals surface area contributed by atoms with Gasteiger partial charge in [0.05, 0.1) is 30.9 Å². The molecule has 3 atom stereocenters. The number of nitrogens with one attached hydrogen (secondary N) is 1. The highest BCUT2D eigenvalue weighted by Crippen LogP contribution is 2.54. The van der Waals surface area contributed by atoms with Crippen molar-refractivity contribution in [1.82, 2.24) is 4.57 Å². The molecule has 1 saturated heterocycles. The summed E-state index contributed by atoms with van der Waals surface area (Å²) in [6, 6.07) is 19.7. The number of aryl methyl sites for hydroxylation is 1. The third-order valence-electron chi connectivity index (χ3n) is 7.62. The maximum absolute atomic E-state index is 14.1. The predicted molar refractivity (Wildman–Crippen MR) is 170 cm³/mol. The minimum atomic E-state index is -0.804. The summed E-state index contributed by atoms with van der Waals surface area (Å²) in [4.78, 5) is 56.1. The highest BCUT2D eigenvalue weighted by atomic mass is 79.9. The van der Waals surface area contributed by atoms with Gasteiger partial charge in [0.2, 0.25) is 17.7 Å². The molecule has 9 nitrogen and oxygen atoms in total. The third-order valence-corrected chi connectivity index (χ3v) is 10.8. The summed E-state index contributed by atoms with van der Waals surface area (Å²) in [6.45, 7) is 1.65. The zero-order chi connectivity index (χ0) is 30.4. The molecule has 6 rings (SSSR count). The van der Waals surface area contributed by atoms with Crippen LogP contribution in [0.2, 0.25) is 0 Å². The molecule has 0 bridgehead atoms. The van der Waals surface area contributed by atoms with Crippen LogP contribution < -0.4 is 24.6 Å². The molecule has 2 aliphatic rings. The third kappa shape index (κ3) is 5.17. The Labute approximate surface area is 263 Å². The number of thiazole rings is 1. The molecule has 0 spiro atoms. The van der Waals surface area contributed by atoms with E-state index in [0.29, 0.717) is 38.3 Å². The second-order valence-corrected chi connectivity index (χ2v) is 13.2. The first kappa shape index (κ1) is 29.2. The summed E-state index contributed by atoms with van der Waals surface area (Å²) in [5.41, 5.74) is 2.72. The molecule has 3 amide bonds. The van der Waals surface area contributed by atoms with Crippen molar-refractivity contribution in [2.45, 2.75) is 29.7 Å². The Hall–Kier alpha value is -3.87. The van der Waals surface area contributed by atoms with Crippen molar-refractivity contribution >= 4 is 68.1 Å². The van der Waals surface area contributed by atoms with Crippen LogP contribution in [0, 0.1) is 12.8 Å². The normalized spacial score (nSPS) is 19.2. The zero-order valence-corrected chi connectivity index (χ0v) is 26.5. The second-order valence-electron chi connectivity index (χ2n) is 10.1. The van der Waals surface area contributed by atoms with E-state index in [1.54, 1.807) is 42.5 Å². The van der Waals surface area contributed by atoms with E-state index in [1.165, 1.54) is 35.4 Å². The molecule has 43 heavy (non-hydrogen) atoms. The average molecular weight is 681 g/mol. The number of methoxy groups -OCH3 is 2. The quantitative estimate of drug-likeness (QED) is 0.260. The summed E-state index contributed by atoms with van der Waals surface area (Å²) >= 11 is 5.57. The molecule has 0 radical (unpaired) electrons. The Kier molecular flexibility index (Phi) is 7.92. The van der Waals surface area contributed by atoms with E-state index in [2.05, 4.69) is 21.2 Å². The number of anilines is 2. The summed E-state index contributed by atoms with van der Waals surface area (Å²) in [5, 5.41) is 2.59. The van der Waals surface area contributed by atoms with E-state index in [9.17, 15) is 19.2 Å². The van der Waals surface area contributed by atoms with Gasteiger partial charge in [0.25, 0.3) is 0 Å². The zero-order valence-electron chi connectivity index (χ0n) is 23.3. The van der Waals surface area contributed by atoms with Gasteiger partial charge in [0, 0.05) is 21.0 Å². The minimum absolute atomic E-state index is 0.236. The van der Waals surface area contributed by atoms with Crippen LogP contribution >= 0.6 is 39.0 Å². The fraction of sp³-hybridized carbons (Fsp3) is 0.226. The number of carbonyl (C=O) groups is 3. The maximum atomic E-state index is 14.1. The molecule has 12 heteroatoms. The Morgan fingerprint density at radius 2 is 1.67 bits per heavy atom. The number of benzene rings is 3. The lowest BCUT2D eigenvalue weighted by atomic mass is 9.83. The van der Waals surface area contributed by atoms with Crippen molar-refractivity contribution in [3.8, 4) is 11.5 Å². The maximum Gasteiger partial charge on any atom is 0.308 e. The Morgan fingerprint density at radius 3 is 2.37 bits per heavy atom. The van der Waals surface area contributed by atoms with Crippen LogP contribution in [-0.2, 0) is 20.9 Å². The second kappa shape index (κ2) is 11.7. The van der Waals surface area contributed by atoms with E-state index in [-0.39, 0.29) is 29.1 Å². The summed E-state index contributed by atoms with van der Waals surface area (Å²) in [6.07, 6.45) is 0. The number of thioether (sulfide) groups is 1. The van der Waals surface area contributed by atoms with Gasteiger partial charge in [-0.2, -0.15) is 0 Å². The van der Waals surface area contributed by atoms with Crippen LogP contribution in [0.4, 0.5) is 11.4 Å². The highest BCUT2D eigenvalue weighted by Gasteiger charge is 2.57. The number of amides is 3. The molecular weight excluding hydrogens is 654 g/mol. The van der Waals surface area contributed by atoms with E-state index in [1.807, 2.05) is 31.2 Å². The monoisotopic (exact) mass is 679 g/mol. The van der Waals surface area contributed by atoms with Gasteiger partial charge < -0.3 is 14.8 Å². The molecule has 3 aromatic carbocycles. The molecule has 2 aliphatic heterocycles. The van der Waals surface area contributed by atoms with Gasteiger partial charge in [-0.15, -0.1) is 0 Å². The summed E-state index contributed by atoms with van der Waals surface area (Å²) < 4.78 is 13.2. The first-order valence-electron chi connectivity index (χ1n) is 13.3. The van der Waals surface area contributed by atoms with Gasteiger partial charge in [-0.25, -0.2) is 4.90 Å². The van der Waals surface area contributed by atoms with Crippen molar-refractivity contribution in [3.63, 3.8) is 0 Å². The predicted octanol–water partition coefficient (Wildman–Crippen LogP) is 5.43. The van der Waals surface area contributed by atoms with Crippen molar-refractivity contribution in [2.24, 2.45) is 5.92 Å². The van der Waals surface area contributed by atoms with Crippen molar-refractivity contribution in [2.75, 3.05) is 24.4 Å². The number of halogens is 1. The van der Waals surface area contributed by atoms with Crippen molar-refractivity contribution in [3.05, 3.63) is 96.9 Å². The number of aromatic nitrogens is 1. The van der Waals surface area contributed by atoms with E-state index < -0.39 is 17.1 Å². The number of fused-ring (bicyclic) bond motifs is 2. The van der Waals surface area contributed by atoms with Gasteiger partial charge in [0.1, 0.15) is 11.8 Å². The Balaban J connectivity index is 1.44. The van der Waals surface area contributed by atoms with Gasteiger partial charge in [0.15, 0.2) is 11.5 Å². The minimum Gasteiger partial charge on any atom is -0.493 e. The number of hydrogen-bond acceptors (Lipinski definition) is 8. The number of imide groups is 1. The number of rotatable bonds is 7. The highest BCUT2D eigenvalue weighted by molar-refractivity contribution is 9.10. The summed E-state index contributed by atoms with van der Waals surface area (Å²) in [7, 11) is 3.06. The molecule has 1 aromatic heterocycles. The average Bonchev–Trinajstić information content (AvgIpc) is 3.44. The lowest BCUT2D eigenvalue weighted by Crippen LogP contribution is -2.33. The molecule has 3 heterocycles. The molecule has 0 aliphatic carbocycles. The Bertz CT molecular complexity index is 1820. The van der Waals surface area contributed by atoms with Gasteiger partial charge in [-0.1, -0.05) is 63.3 Å². The largest absolute Gasteiger partial charge is 0.493 e. The van der Waals surface area contributed by atoms with Gasteiger partial charge in [-0.05, 0) is 60.5 Å². The molecule has 4 aromatic rings. The van der Waals surface area contributed by atoms with Crippen LogP contribution in [0.1, 0.15) is 21.9 Å². The van der Waals surface area contributed by atoms with Crippen LogP contribution in [0.3, 0.4) is 0 Å². The fourth-order valence-electron chi connectivity index (χ4n) is 5.55. The fourth-order valence-corrected chi connectivity index (χ4v) is 8.59. The standard InChI is InChI=1S/C31H26BrN3O6S2/c1-16-6-4-5-7-20(16)33-23(36)15-34-30-27(43-31(34)39)24(17-8-13-21(40-2)22(14-17)41-3)25-26(42-30)29(38)35(28(25)37)19-11-9-18(32)10-12-19/h4-14,24-26H,15H2,1-3H3,(H,33,36)/t24-,25-,26+/m0/s1. The van der Waals surface area contributed by atoms with Crippen LogP contribution in [-0.4, -0.2) is 41.8 Å². The number of hydrogen-bond donors (Lipinski definition) is 1. The smallest absolute Gasteiger partial charge is 0.308 e. The first-order chi connectivity index (χ1) is 20.7. The lowest BCUT2D eigenvalue weighted by molar-refractivity contribution is -0.122. The van der Waals surface area contributed by atoms with Crippen LogP contribution in [0.15, 0.2) is 81.0 Å². The van der Waals surface area contributed by atoms with Gasteiger partial charge in [-0.3, -0.25) is 23.7 Å². The molecule has 1 N–H and O–H groups in total. The lowest BCUT2D eigenvalue weighted by Gasteiger charge is -2.31. The molecule has 0 saturated carbocycles. The molecule has 220 valence electrons. The molecular formula is C31H26BrN3O6S2. The number of carbonyl (C=O) groups excluding carboxylic acids is 3. The number of para-hydroxylation sites is 1. The topological polar surface area (TPSA) is 107 Å². The van der Waals surface area contributed by atoms with E-state index in [4.69, 9.17) is 9.47 Å². The van der Waals surface area contributed by atoms with E-state index >= 15 is 0 Å². The van der Waals surface area contributed by atoms with E-state index in [0.717, 1.165) is 21.4 Å². The SMILES string of the molecule is COc1ccc([C@@H]2c3sc(=O)n(CC(=O)Nc4ccccc4C)c3S[C@H]3C(=O)N(c4ccc(Br)cc4)C(=O)[C@@H]23)cc1OC. The van der Waals surface area contributed by atoms with Crippen LogP contribution in [0.25, 0.3) is 0 Å². The number of nitrogens with zero attached hydrogens (tertiary/aromatic N) is 2. The van der Waals surface area contributed by atoms with Crippen LogP contribution in [0.5, 0.6) is 11.5 Å². The van der Waals surface area contributed by atoms with Crippen molar-refractivity contribution in [1.29, 1.82) is 0 Å². The molecule has 0 unspecified atom stereocenters. The molecule has 1 fully saturated rings. The van der Waals surface area contributed by atoms with Crippen molar-refractivity contribution < 1.29 is 23.9 Å². The first-order valence-corrected chi connectivity index (χ1v) is 15.8.